The molecule has 1 heterocycles. The van der Waals surface area contributed by atoms with Gasteiger partial charge in [0.2, 0.25) is 5.91 Å². The second kappa shape index (κ2) is 9.62. The van der Waals surface area contributed by atoms with Gasteiger partial charge in [-0.05, 0) is 30.3 Å². The number of hydrogen-bond acceptors (Lipinski definition) is 5. The highest BCUT2D eigenvalue weighted by Crippen LogP contribution is 2.27. The molecule has 1 unspecified atom stereocenters. The van der Waals surface area contributed by atoms with Crippen molar-refractivity contribution in [3.05, 3.63) is 71.5 Å². The van der Waals surface area contributed by atoms with Gasteiger partial charge in [0.05, 0.1) is 30.8 Å². The summed E-state index contributed by atoms with van der Waals surface area (Å²) in [5.41, 5.74) is 2.20. The highest BCUT2D eigenvalue weighted by Gasteiger charge is 2.16. The third kappa shape index (κ3) is 5.27. The second-order valence-electron chi connectivity index (χ2n) is 6.20. The van der Waals surface area contributed by atoms with E-state index in [9.17, 15) is 10.1 Å². The highest BCUT2D eigenvalue weighted by atomic mass is 35.5. The standard InChI is InChI=1S/C21H20ClN5O2/c1-29-20-8-7-16(22)11-18(20)24-10-9-21(28)26-19(12-23)15-13-25-27(14-15)17-5-3-2-4-6-17/h2-8,11,13-14,19,24H,9-10H2,1H3,(H,26,28). The summed E-state index contributed by atoms with van der Waals surface area (Å²) in [6, 6.07) is 16.1. The minimum Gasteiger partial charge on any atom is -0.495 e. The van der Waals surface area contributed by atoms with Crippen LogP contribution in [0.25, 0.3) is 5.69 Å². The maximum absolute atomic E-state index is 12.3. The summed E-state index contributed by atoms with van der Waals surface area (Å²) in [7, 11) is 1.56. The van der Waals surface area contributed by atoms with E-state index in [1.807, 2.05) is 30.3 Å². The average molecular weight is 410 g/mol. The molecule has 0 radical (unpaired) electrons. The molecule has 148 valence electrons. The van der Waals surface area contributed by atoms with Gasteiger partial charge in [-0.2, -0.15) is 10.4 Å². The fourth-order valence-electron chi connectivity index (χ4n) is 2.76. The second-order valence-corrected chi connectivity index (χ2v) is 6.64. The van der Waals surface area contributed by atoms with Gasteiger partial charge in [0.15, 0.2) is 0 Å². The molecule has 1 aromatic heterocycles. The zero-order valence-corrected chi connectivity index (χ0v) is 16.6. The van der Waals surface area contributed by atoms with Gasteiger partial charge in [-0.3, -0.25) is 4.79 Å². The molecule has 1 amide bonds. The number of carbonyl (C=O) groups is 1. The van der Waals surface area contributed by atoms with Crippen molar-refractivity contribution in [3.63, 3.8) is 0 Å². The molecule has 0 bridgehead atoms. The van der Waals surface area contributed by atoms with E-state index in [4.69, 9.17) is 16.3 Å². The molecule has 8 heteroatoms. The summed E-state index contributed by atoms with van der Waals surface area (Å²) >= 11 is 6.00. The molecule has 0 saturated heterocycles. The number of halogens is 1. The lowest BCUT2D eigenvalue weighted by Crippen LogP contribution is -2.28. The normalized spacial score (nSPS) is 11.3. The summed E-state index contributed by atoms with van der Waals surface area (Å²) in [5.74, 6) is 0.385. The molecule has 2 aromatic carbocycles. The zero-order valence-electron chi connectivity index (χ0n) is 15.8. The Labute approximate surface area is 173 Å². The SMILES string of the molecule is COc1ccc(Cl)cc1NCCC(=O)NC(C#N)c1cnn(-c2ccccc2)c1. The van der Waals surface area contributed by atoms with Crippen LogP contribution in [0.3, 0.4) is 0 Å². The molecule has 3 rings (SSSR count). The molecule has 0 spiro atoms. The molecule has 1 atom stereocenters. The summed E-state index contributed by atoms with van der Waals surface area (Å²) in [4.78, 5) is 12.3. The van der Waals surface area contributed by atoms with E-state index in [0.29, 0.717) is 28.6 Å². The van der Waals surface area contributed by atoms with Gasteiger partial charge >= 0.3 is 0 Å². The molecule has 29 heavy (non-hydrogen) atoms. The number of rotatable bonds is 8. The van der Waals surface area contributed by atoms with Gasteiger partial charge in [0.1, 0.15) is 11.8 Å². The van der Waals surface area contributed by atoms with Crippen LogP contribution < -0.4 is 15.4 Å². The van der Waals surface area contributed by atoms with E-state index in [0.717, 1.165) is 5.69 Å². The van der Waals surface area contributed by atoms with Crippen LogP contribution in [0.1, 0.15) is 18.0 Å². The summed E-state index contributed by atoms with van der Waals surface area (Å²) < 4.78 is 6.93. The summed E-state index contributed by atoms with van der Waals surface area (Å²) in [5, 5.41) is 20.1. The van der Waals surface area contributed by atoms with Gasteiger partial charge in [0.25, 0.3) is 0 Å². The van der Waals surface area contributed by atoms with Crippen molar-refractivity contribution >= 4 is 23.2 Å². The van der Waals surface area contributed by atoms with Crippen LogP contribution in [-0.2, 0) is 4.79 Å². The fourth-order valence-corrected chi connectivity index (χ4v) is 2.93. The van der Waals surface area contributed by atoms with Crippen molar-refractivity contribution < 1.29 is 9.53 Å². The van der Waals surface area contributed by atoms with Gasteiger partial charge in [0, 0.05) is 29.7 Å². The number of ether oxygens (including phenoxy) is 1. The Morgan fingerprint density at radius 1 is 1.31 bits per heavy atom. The van der Waals surface area contributed by atoms with E-state index in [1.165, 1.54) is 0 Å². The Morgan fingerprint density at radius 2 is 2.10 bits per heavy atom. The molecule has 2 N–H and O–H groups in total. The van der Waals surface area contributed by atoms with Gasteiger partial charge in [-0.15, -0.1) is 0 Å². The van der Waals surface area contributed by atoms with Crippen LogP contribution in [0.5, 0.6) is 5.75 Å². The number of benzene rings is 2. The first-order valence-corrected chi connectivity index (χ1v) is 9.35. The summed E-state index contributed by atoms with van der Waals surface area (Å²) in [6.07, 6.45) is 3.50. The first kappa shape index (κ1) is 20.2. The number of nitriles is 1. The minimum atomic E-state index is -0.777. The topological polar surface area (TPSA) is 92.0 Å². The van der Waals surface area contributed by atoms with Gasteiger partial charge in [-0.1, -0.05) is 29.8 Å². The van der Waals surface area contributed by atoms with E-state index in [1.54, 1.807) is 42.4 Å². The third-order valence-electron chi connectivity index (χ3n) is 4.22. The van der Waals surface area contributed by atoms with E-state index < -0.39 is 6.04 Å². The number of nitrogens with one attached hydrogen (secondary N) is 2. The monoisotopic (exact) mass is 409 g/mol. The van der Waals surface area contributed by atoms with E-state index in [2.05, 4.69) is 21.8 Å². The molecular formula is C21H20ClN5O2. The minimum absolute atomic E-state index is 0.181. The number of hydrogen-bond donors (Lipinski definition) is 2. The quantitative estimate of drug-likeness (QED) is 0.591. The lowest BCUT2D eigenvalue weighted by molar-refractivity contribution is -0.121. The zero-order chi connectivity index (χ0) is 20.6. The smallest absolute Gasteiger partial charge is 0.223 e. The van der Waals surface area contributed by atoms with Crippen molar-refractivity contribution in [2.75, 3.05) is 19.0 Å². The molecule has 7 nitrogen and oxygen atoms in total. The van der Waals surface area contributed by atoms with Crippen LogP contribution in [0.2, 0.25) is 5.02 Å². The Bertz CT molecular complexity index is 1010. The lowest BCUT2D eigenvalue weighted by Gasteiger charge is -2.13. The van der Waals surface area contributed by atoms with Gasteiger partial charge < -0.3 is 15.4 Å². The van der Waals surface area contributed by atoms with Crippen molar-refractivity contribution in [1.29, 1.82) is 5.26 Å². The number of methoxy groups -OCH3 is 1. The van der Waals surface area contributed by atoms with Crippen LogP contribution in [-0.4, -0.2) is 29.3 Å². The fraction of sp³-hybridized carbons (Fsp3) is 0.190. The van der Waals surface area contributed by atoms with Crippen molar-refractivity contribution in [2.24, 2.45) is 0 Å². The number of nitrogens with zero attached hydrogens (tertiary/aromatic N) is 3. The molecule has 0 aliphatic heterocycles. The molecule has 0 fully saturated rings. The number of carbonyl (C=O) groups excluding carboxylic acids is 1. The molecule has 3 aromatic rings. The average Bonchev–Trinajstić information content (AvgIpc) is 3.23. The first-order chi connectivity index (χ1) is 14.1. The van der Waals surface area contributed by atoms with Gasteiger partial charge in [-0.25, -0.2) is 4.68 Å². The van der Waals surface area contributed by atoms with Crippen molar-refractivity contribution in [3.8, 4) is 17.5 Å². The van der Waals surface area contributed by atoms with E-state index in [-0.39, 0.29) is 12.3 Å². The number of amides is 1. The Hall–Kier alpha value is -3.50. The third-order valence-corrected chi connectivity index (χ3v) is 4.46. The number of para-hydroxylation sites is 1. The highest BCUT2D eigenvalue weighted by molar-refractivity contribution is 6.30. The Kier molecular flexibility index (Phi) is 6.72. The maximum atomic E-state index is 12.3. The lowest BCUT2D eigenvalue weighted by atomic mass is 10.2. The predicted molar refractivity (Wildman–Crippen MR) is 111 cm³/mol. The van der Waals surface area contributed by atoms with Crippen LogP contribution in [0.4, 0.5) is 5.69 Å². The van der Waals surface area contributed by atoms with Crippen LogP contribution in [0, 0.1) is 11.3 Å². The van der Waals surface area contributed by atoms with E-state index >= 15 is 0 Å². The molecule has 0 aliphatic rings. The van der Waals surface area contributed by atoms with Crippen LogP contribution in [0.15, 0.2) is 60.9 Å². The maximum Gasteiger partial charge on any atom is 0.223 e. The van der Waals surface area contributed by atoms with Crippen LogP contribution >= 0.6 is 11.6 Å². The molecule has 0 saturated carbocycles. The Morgan fingerprint density at radius 3 is 2.83 bits per heavy atom. The predicted octanol–water partition coefficient (Wildman–Crippen LogP) is 3.72. The molecular weight excluding hydrogens is 390 g/mol. The molecule has 0 aliphatic carbocycles. The van der Waals surface area contributed by atoms with Crippen molar-refractivity contribution in [2.45, 2.75) is 12.5 Å². The summed E-state index contributed by atoms with van der Waals surface area (Å²) in [6.45, 7) is 0.365. The largest absolute Gasteiger partial charge is 0.495 e. The first-order valence-electron chi connectivity index (χ1n) is 8.97. The van der Waals surface area contributed by atoms with Crippen molar-refractivity contribution in [1.82, 2.24) is 15.1 Å². The number of anilines is 1. The number of aromatic nitrogens is 2. The Balaban J connectivity index is 1.56.